The van der Waals surface area contributed by atoms with E-state index in [4.69, 9.17) is 4.74 Å². The Labute approximate surface area is 234 Å². The smallest absolute Gasteiger partial charge is 0.255 e. The Morgan fingerprint density at radius 3 is 2.58 bits per heavy atom. The maximum absolute atomic E-state index is 13.4. The number of aryl methyl sites for hydroxylation is 2. The lowest BCUT2D eigenvalue weighted by Crippen LogP contribution is -2.21. The molecule has 204 valence electrons. The number of benzene rings is 3. The van der Waals surface area contributed by atoms with Gasteiger partial charge in [0.05, 0.1) is 12.1 Å². The Morgan fingerprint density at radius 1 is 0.900 bits per heavy atom. The molecule has 2 aliphatic rings. The van der Waals surface area contributed by atoms with Gasteiger partial charge in [-0.25, -0.2) is 0 Å². The average Bonchev–Trinajstić information content (AvgIpc) is 3.65. The zero-order chi connectivity index (χ0) is 27.5. The minimum atomic E-state index is -0.213. The van der Waals surface area contributed by atoms with Crippen molar-refractivity contribution in [2.45, 2.75) is 39.0 Å². The van der Waals surface area contributed by atoms with Crippen molar-refractivity contribution in [2.75, 3.05) is 36.9 Å². The van der Waals surface area contributed by atoms with Gasteiger partial charge in [0.15, 0.2) is 0 Å². The third-order valence-corrected chi connectivity index (χ3v) is 7.78. The van der Waals surface area contributed by atoms with E-state index in [2.05, 4.69) is 20.5 Å². The molecule has 2 N–H and O–H groups in total. The van der Waals surface area contributed by atoms with Crippen LogP contribution in [0.4, 0.5) is 11.4 Å². The standard InChI is InChI=1S/C33H34N4O3/c1-22-6-7-25-19-26(11-13-29(25)34-22)33(39)36-30-21-28(12-10-23(30)5-4-17-37-15-2-3-16-37)35-32(38)27-9-8-24-14-18-40-31(24)20-27/h6-13,19-21H,2-5,14-18H2,1H3,(H,35,38)(H,36,39). The maximum atomic E-state index is 13.4. The van der Waals surface area contributed by atoms with Gasteiger partial charge in [0, 0.05) is 40.0 Å². The molecule has 4 aromatic rings. The zero-order valence-corrected chi connectivity index (χ0v) is 22.8. The molecule has 6 rings (SSSR count). The highest BCUT2D eigenvalue weighted by Crippen LogP contribution is 2.28. The molecule has 1 saturated heterocycles. The van der Waals surface area contributed by atoms with E-state index in [9.17, 15) is 9.59 Å². The summed E-state index contributed by atoms with van der Waals surface area (Å²) in [6.07, 6.45) is 5.25. The topological polar surface area (TPSA) is 83.6 Å². The van der Waals surface area contributed by atoms with Gasteiger partial charge in [-0.2, -0.15) is 0 Å². The molecule has 7 heteroatoms. The molecule has 0 spiro atoms. The molecule has 0 radical (unpaired) electrons. The van der Waals surface area contributed by atoms with Gasteiger partial charge < -0.3 is 20.3 Å². The van der Waals surface area contributed by atoms with Crippen LogP contribution in [0.15, 0.2) is 66.7 Å². The molecular weight excluding hydrogens is 500 g/mol. The van der Waals surface area contributed by atoms with Gasteiger partial charge in [-0.1, -0.05) is 18.2 Å². The van der Waals surface area contributed by atoms with Gasteiger partial charge in [0.1, 0.15) is 5.75 Å². The van der Waals surface area contributed by atoms with Crippen LogP contribution in [-0.4, -0.2) is 47.9 Å². The molecule has 1 aromatic heterocycles. The second kappa shape index (κ2) is 11.5. The molecule has 3 heterocycles. The van der Waals surface area contributed by atoms with Crippen LogP contribution in [0, 0.1) is 6.92 Å². The fraction of sp³-hybridized carbons (Fsp3) is 0.303. The van der Waals surface area contributed by atoms with Crippen LogP contribution in [0.25, 0.3) is 10.9 Å². The highest BCUT2D eigenvalue weighted by atomic mass is 16.5. The number of carbonyl (C=O) groups excluding carboxylic acids is 2. The summed E-state index contributed by atoms with van der Waals surface area (Å²) < 4.78 is 5.63. The Kier molecular flexibility index (Phi) is 7.47. The van der Waals surface area contributed by atoms with Crippen molar-refractivity contribution < 1.29 is 14.3 Å². The van der Waals surface area contributed by atoms with Gasteiger partial charge in [-0.05, 0) is 112 Å². The number of anilines is 2. The zero-order valence-electron chi connectivity index (χ0n) is 22.8. The summed E-state index contributed by atoms with van der Waals surface area (Å²) in [5.74, 6) is 0.367. The molecule has 0 aliphatic carbocycles. The van der Waals surface area contributed by atoms with Crippen LogP contribution >= 0.6 is 0 Å². The molecule has 0 saturated carbocycles. The molecule has 3 aromatic carbocycles. The van der Waals surface area contributed by atoms with Gasteiger partial charge in [0.2, 0.25) is 0 Å². The SMILES string of the molecule is Cc1ccc2cc(C(=O)Nc3cc(NC(=O)c4ccc5c(c4)OCC5)ccc3CCCN3CCCC3)ccc2n1. The van der Waals surface area contributed by atoms with Crippen LogP contribution in [0.2, 0.25) is 0 Å². The number of hydrogen-bond donors (Lipinski definition) is 2. The van der Waals surface area contributed by atoms with E-state index in [-0.39, 0.29) is 11.8 Å². The summed E-state index contributed by atoms with van der Waals surface area (Å²) in [4.78, 5) is 33.5. The van der Waals surface area contributed by atoms with E-state index >= 15 is 0 Å². The van der Waals surface area contributed by atoms with Gasteiger partial charge >= 0.3 is 0 Å². The van der Waals surface area contributed by atoms with E-state index in [1.807, 2.05) is 61.5 Å². The molecular formula is C33H34N4O3. The second-order valence-electron chi connectivity index (χ2n) is 10.7. The first kappa shape index (κ1) is 26.0. The molecule has 0 atom stereocenters. The van der Waals surface area contributed by atoms with E-state index in [0.29, 0.717) is 29.1 Å². The van der Waals surface area contributed by atoms with Crippen LogP contribution in [0.3, 0.4) is 0 Å². The Hall–Kier alpha value is -4.23. The predicted octanol–water partition coefficient (Wildman–Crippen LogP) is 6.01. The Balaban J connectivity index is 1.22. The lowest BCUT2D eigenvalue weighted by atomic mass is 10.0. The number of pyridine rings is 1. The van der Waals surface area contributed by atoms with Crippen LogP contribution in [0.1, 0.15) is 56.8 Å². The maximum Gasteiger partial charge on any atom is 0.255 e. The number of hydrogen-bond acceptors (Lipinski definition) is 5. The van der Waals surface area contributed by atoms with E-state index in [0.717, 1.165) is 59.3 Å². The first-order chi connectivity index (χ1) is 19.5. The van der Waals surface area contributed by atoms with Gasteiger partial charge in [-0.15, -0.1) is 0 Å². The second-order valence-corrected chi connectivity index (χ2v) is 10.7. The van der Waals surface area contributed by atoms with Crippen molar-refractivity contribution in [2.24, 2.45) is 0 Å². The number of likely N-dealkylation sites (tertiary alicyclic amines) is 1. The molecule has 1 fully saturated rings. The fourth-order valence-corrected chi connectivity index (χ4v) is 5.56. The first-order valence-corrected chi connectivity index (χ1v) is 14.1. The van der Waals surface area contributed by atoms with E-state index in [1.165, 1.54) is 25.9 Å². The number of nitrogens with zero attached hydrogens (tertiary/aromatic N) is 2. The third kappa shape index (κ3) is 5.84. The molecule has 2 aliphatic heterocycles. The number of carbonyl (C=O) groups is 2. The number of rotatable bonds is 8. The summed E-state index contributed by atoms with van der Waals surface area (Å²) in [7, 11) is 0. The molecule has 0 bridgehead atoms. The quantitative estimate of drug-likeness (QED) is 0.289. The minimum Gasteiger partial charge on any atom is -0.493 e. The van der Waals surface area contributed by atoms with Gasteiger partial charge in [-0.3, -0.25) is 14.6 Å². The molecule has 40 heavy (non-hydrogen) atoms. The van der Waals surface area contributed by atoms with E-state index in [1.54, 1.807) is 12.1 Å². The number of fused-ring (bicyclic) bond motifs is 2. The Bertz CT molecular complexity index is 1580. The van der Waals surface area contributed by atoms with Crippen LogP contribution < -0.4 is 15.4 Å². The minimum absolute atomic E-state index is 0.192. The first-order valence-electron chi connectivity index (χ1n) is 14.1. The normalized spacial score (nSPS) is 14.6. The van der Waals surface area contributed by atoms with Crippen molar-refractivity contribution in [3.05, 3.63) is 94.7 Å². The molecule has 0 unspecified atom stereocenters. The third-order valence-electron chi connectivity index (χ3n) is 7.78. The van der Waals surface area contributed by atoms with Crippen LogP contribution in [-0.2, 0) is 12.8 Å². The highest BCUT2D eigenvalue weighted by molar-refractivity contribution is 6.08. The predicted molar refractivity (Wildman–Crippen MR) is 158 cm³/mol. The summed E-state index contributed by atoms with van der Waals surface area (Å²) in [6, 6.07) is 20.8. The van der Waals surface area contributed by atoms with Crippen molar-refractivity contribution in [1.29, 1.82) is 0 Å². The summed E-state index contributed by atoms with van der Waals surface area (Å²) in [5.41, 5.74) is 6.42. The van der Waals surface area contributed by atoms with Crippen molar-refractivity contribution in [3.8, 4) is 5.75 Å². The summed E-state index contributed by atoms with van der Waals surface area (Å²) >= 11 is 0. The monoisotopic (exact) mass is 534 g/mol. The lowest BCUT2D eigenvalue weighted by Gasteiger charge is -2.17. The molecule has 2 amide bonds. The van der Waals surface area contributed by atoms with Crippen molar-refractivity contribution in [3.63, 3.8) is 0 Å². The molecule has 7 nitrogen and oxygen atoms in total. The summed E-state index contributed by atoms with van der Waals surface area (Å²) in [6.45, 7) is 5.98. The largest absolute Gasteiger partial charge is 0.493 e. The van der Waals surface area contributed by atoms with Crippen molar-refractivity contribution in [1.82, 2.24) is 9.88 Å². The van der Waals surface area contributed by atoms with E-state index < -0.39 is 0 Å². The summed E-state index contributed by atoms with van der Waals surface area (Å²) in [5, 5.41) is 7.04. The lowest BCUT2D eigenvalue weighted by molar-refractivity contribution is 0.101. The number of nitrogens with one attached hydrogen (secondary N) is 2. The average molecular weight is 535 g/mol. The number of amides is 2. The number of aromatic nitrogens is 1. The number of ether oxygens (including phenoxy) is 1. The fourth-order valence-electron chi connectivity index (χ4n) is 5.56. The van der Waals surface area contributed by atoms with Crippen molar-refractivity contribution >= 4 is 34.1 Å². The van der Waals surface area contributed by atoms with Crippen LogP contribution in [0.5, 0.6) is 5.75 Å². The highest BCUT2D eigenvalue weighted by Gasteiger charge is 2.17. The van der Waals surface area contributed by atoms with Gasteiger partial charge in [0.25, 0.3) is 11.8 Å². The Morgan fingerprint density at radius 2 is 1.70 bits per heavy atom.